The molecule has 0 radical (unpaired) electrons. The van der Waals surface area contributed by atoms with Crippen LogP contribution in [-0.4, -0.2) is 46.7 Å². The number of β-amino-alcohol motifs (C(OH)–C–C–N with tert-alkyl or cyclic N) is 1. The lowest BCUT2D eigenvalue weighted by Gasteiger charge is -2.42. The first-order valence-corrected chi connectivity index (χ1v) is 5.62. The van der Waals surface area contributed by atoms with Crippen LogP contribution in [0.3, 0.4) is 0 Å². The maximum atomic E-state index is 12.4. The normalized spacial score (nSPS) is 23.5. The predicted molar refractivity (Wildman–Crippen MR) is 59.9 cm³/mol. The minimum absolute atomic E-state index is 0.0378. The molecule has 1 unspecified atom stereocenters. The molecule has 1 fully saturated rings. The third-order valence-corrected chi connectivity index (χ3v) is 3.08. The molecule has 6 nitrogen and oxygen atoms in total. The highest BCUT2D eigenvalue weighted by Gasteiger charge is 2.45. The summed E-state index contributed by atoms with van der Waals surface area (Å²) in [5, 5.41) is 21.9. The van der Waals surface area contributed by atoms with Crippen LogP contribution >= 0.6 is 0 Å². The maximum Gasteiger partial charge on any atom is 0.323 e. The number of carboxylic acids is 1. The molecule has 0 aliphatic carbocycles. The van der Waals surface area contributed by atoms with Crippen molar-refractivity contribution >= 4 is 5.97 Å². The van der Waals surface area contributed by atoms with Crippen LogP contribution < -0.4 is 16.8 Å². The number of aliphatic hydroxyl groups is 1. The number of nitrogens with two attached hydrogens (primary N) is 2. The second kappa shape index (κ2) is 5.26. The first-order chi connectivity index (χ1) is 7.77. The van der Waals surface area contributed by atoms with Crippen LogP contribution in [-0.2, 0) is 4.79 Å². The van der Waals surface area contributed by atoms with E-state index < -0.39 is 23.4 Å². The molecule has 0 spiro atoms. The zero-order chi connectivity index (χ0) is 13.1. The van der Waals surface area contributed by atoms with Gasteiger partial charge in [-0.25, -0.2) is 4.39 Å². The molecular weight excluding hydrogens is 229 g/mol. The van der Waals surface area contributed by atoms with E-state index in [9.17, 15) is 14.3 Å². The van der Waals surface area contributed by atoms with Gasteiger partial charge in [0.15, 0.2) is 0 Å². The van der Waals surface area contributed by atoms with Crippen LogP contribution in [0.1, 0.15) is 25.7 Å². The van der Waals surface area contributed by atoms with E-state index in [1.807, 2.05) is 0 Å². The maximum absolute atomic E-state index is 12.4. The summed E-state index contributed by atoms with van der Waals surface area (Å²) in [5.74, 6) is -1.18. The van der Waals surface area contributed by atoms with Gasteiger partial charge in [-0.1, -0.05) is 0 Å². The summed E-state index contributed by atoms with van der Waals surface area (Å²) in [4.78, 5) is 11.1. The average Bonchev–Trinajstić information content (AvgIpc) is 2.14. The number of halogens is 1. The van der Waals surface area contributed by atoms with Crippen molar-refractivity contribution in [3.05, 3.63) is 0 Å². The van der Waals surface area contributed by atoms with Gasteiger partial charge in [-0.2, -0.15) is 0 Å². The van der Waals surface area contributed by atoms with E-state index in [4.69, 9.17) is 16.6 Å². The summed E-state index contributed by atoms with van der Waals surface area (Å²) in [6, 6.07) is 0. The van der Waals surface area contributed by atoms with Gasteiger partial charge >= 0.3 is 5.97 Å². The second-order valence-corrected chi connectivity index (χ2v) is 4.87. The molecular formula is C10H20FN3O3. The first-order valence-electron chi connectivity index (χ1n) is 5.62. The van der Waals surface area contributed by atoms with Gasteiger partial charge in [-0.15, -0.1) is 0 Å². The molecule has 1 aliphatic heterocycles. The van der Waals surface area contributed by atoms with Gasteiger partial charge in [0.2, 0.25) is 0 Å². The summed E-state index contributed by atoms with van der Waals surface area (Å²) in [7, 11) is 0. The van der Waals surface area contributed by atoms with Gasteiger partial charge in [-0.3, -0.25) is 4.79 Å². The van der Waals surface area contributed by atoms with Crippen molar-refractivity contribution in [3.8, 4) is 0 Å². The Hall–Kier alpha value is -0.760. The molecule has 0 saturated carbocycles. The largest absolute Gasteiger partial charge is 0.480 e. The lowest BCUT2D eigenvalue weighted by Crippen LogP contribution is -2.65. The van der Waals surface area contributed by atoms with Gasteiger partial charge in [0, 0.05) is 19.5 Å². The van der Waals surface area contributed by atoms with Crippen LogP contribution in [0.4, 0.5) is 4.39 Å². The van der Waals surface area contributed by atoms with Crippen LogP contribution in [0.25, 0.3) is 0 Å². The predicted octanol–water partition coefficient (Wildman–Crippen LogP) is -1.08. The minimum atomic E-state index is -1.52. The van der Waals surface area contributed by atoms with Crippen LogP contribution in [0.2, 0.25) is 0 Å². The number of nitrogens with one attached hydrogen (secondary N) is 1. The molecule has 1 saturated heterocycles. The van der Waals surface area contributed by atoms with Gasteiger partial charge in [0.25, 0.3) is 0 Å². The highest BCUT2D eigenvalue weighted by atomic mass is 19.1. The third kappa shape index (κ3) is 3.88. The Kier molecular flexibility index (Phi) is 4.42. The van der Waals surface area contributed by atoms with Crippen molar-refractivity contribution in [1.29, 1.82) is 0 Å². The summed E-state index contributed by atoms with van der Waals surface area (Å²) in [6.07, 6.45) is -1.04. The zero-order valence-electron chi connectivity index (χ0n) is 9.66. The van der Waals surface area contributed by atoms with Crippen LogP contribution in [0, 0.1) is 0 Å². The quantitative estimate of drug-likeness (QED) is 0.366. The van der Waals surface area contributed by atoms with Gasteiger partial charge in [-0.05, 0) is 19.3 Å². The Bertz CT molecular complexity index is 284. The smallest absolute Gasteiger partial charge is 0.323 e. The topological polar surface area (TPSA) is 122 Å². The van der Waals surface area contributed by atoms with Crippen LogP contribution in [0.5, 0.6) is 0 Å². The van der Waals surface area contributed by atoms with Crippen molar-refractivity contribution in [2.75, 3.05) is 13.1 Å². The molecule has 0 aromatic rings. The van der Waals surface area contributed by atoms with Gasteiger partial charge in [0.05, 0.1) is 5.60 Å². The fraction of sp³-hybridized carbons (Fsp3) is 0.900. The van der Waals surface area contributed by atoms with Crippen molar-refractivity contribution in [3.63, 3.8) is 0 Å². The minimum Gasteiger partial charge on any atom is -0.480 e. The lowest BCUT2D eigenvalue weighted by atomic mass is 9.78. The molecule has 0 aromatic carbocycles. The molecule has 1 rings (SSSR count). The second-order valence-electron chi connectivity index (χ2n) is 4.87. The van der Waals surface area contributed by atoms with Crippen molar-refractivity contribution in [2.45, 2.75) is 43.1 Å². The van der Waals surface area contributed by atoms with E-state index in [1.54, 1.807) is 0 Å². The van der Waals surface area contributed by atoms with E-state index in [2.05, 4.69) is 5.32 Å². The monoisotopic (exact) mass is 249 g/mol. The Labute approximate surface area is 99.2 Å². The molecule has 2 atom stereocenters. The molecule has 1 heterocycles. The fourth-order valence-electron chi connectivity index (χ4n) is 2.01. The van der Waals surface area contributed by atoms with E-state index in [-0.39, 0.29) is 25.7 Å². The summed E-state index contributed by atoms with van der Waals surface area (Å²) in [6.45, 7) is 0.670. The van der Waals surface area contributed by atoms with E-state index in [1.165, 1.54) is 0 Å². The highest BCUT2D eigenvalue weighted by Crippen LogP contribution is 2.27. The number of rotatable bonds is 7. The van der Waals surface area contributed by atoms with E-state index in [0.717, 1.165) is 0 Å². The summed E-state index contributed by atoms with van der Waals surface area (Å²) >= 11 is 0. The summed E-state index contributed by atoms with van der Waals surface area (Å²) < 4.78 is 12.4. The molecule has 100 valence electrons. The Morgan fingerprint density at radius 1 is 1.59 bits per heavy atom. The van der Waals surface area contributed by atoms with Gasteiger partial charge in [0.1, 0.15) is 11.8 Å². The molecule has 7 heteroatoms. The molecule has 17 heavy (non-hydrogen) atoms. The molecule has 1 aliphatic rings. The van der Waals surface area contributed by atoms with Crippen molar-refractivity contribution in [1.82, 2.24) is 5.32 Å². The SMILES string of the molecule is NC(F)CCC[C@@](N)(CC1(O)CNC1)C(=O)O. The average molecular weight is 249 g/mol. The van der Waals surface area contributed by atoms with Crippen molar-refractivity contribution in [2.24, 2.45) is 11.5 Å². The Balaban J connectivity index is 2.52. The molecule has 0 bridgehead atoms. The molecule has 0 amide bonds. The lowest BCUT2D eigenvalue weighted by molar-refractivity contribution is -0.148. The Morgan fingerprint density at radius 2 is 2.18 bits per heavy atom. The van der Waals surface area contributed by atoms with Crippen LogP contribution in [0.15, 0.2) is 0 Å². The number of aliphatic carboxylic acids is 1. The number of carboxylic acid groups (broad SMARTS) is 1. The molecule has 7 N–H and O–H groups in total. The molecule has 0 aromatic heterocycles. The van der Waals surface area contributed by atoms with E-state index >= 15 is 0 Å². The zero-order valence-corrected chi connectivity index (χ0v) is 9.66. The number of hydrogen-bond donors (Lipinski definition) is 5. The standard InChI is InChI=1S/C10H20FN3O3/c11-7(12)2-1-3-10(13,8(15)16)4-9(17)5-14-6-9/h7,14,17H,1-6,12-13H2,(H,15,16)/t7?,10-/m1/s1. The van der Waals surface area contributed by atoms with Crippen molar-refractivity contribution < 1.29 is 19.4 Å². The summed E-state index contributed by atoms with van der Waals surface area (Å²) in [5.41, 5.74) is 8.13. The Morgan fingerprint density at radius 3 is 2.53 bits per heavy atom. The van der Waals surface area contributed by atoms with E-state index in [0.29, 0.717) is 13.1 Å². The number of hydrogen-bond acceptors (Lipinski definition) is 5. The first kappa shape index (κ1) is 14.3. The fourth-order valence-corrected chi connectivity index (χ4v) is 2.01. The highest BCUT2D eigenvalue weighted by molar-refractivity contribution is 5.78. The van der Waals surface area contributed by atoms with Gasteiger partial charge < -0.3 is 27.0 Å². The third-order valence-electron chi connectivity index (χ3n) is 3.08. The number of carbonyl (C=O) groups is 1. The number of alkyl halides is 1.